The second-order valence-corrected chi connectivity index (χ2v) is 10.4. The van der Waals surface area contributed by atoms with Crippen molar-refractivity contribution in [2.75, 3.05) is 18.1 Å². The van der Waals surface area contributed by atoms with E-state index < -0.39 is 5.97 Å². The normalized spacial score (nSPS) is 12.7. The second-order valence-electron chi connectivity index (χ2n) is 10.4. The van der Waals surface area contributed by atoms with Crippen LogP contribution in [0.4, 0.5) is 5.69 Å². The third-order valence-electron chi connectivity index (χ3n) is 7.80. The van der Waals surface area contributed by atoms with Gasteiger partial charge in [0.1, 0.15) is 5.75 Å². The Labute approximate surface area is 235 Å². The van der Waals surface area contributed by atoms with Crippen molar-refractivity contribution in [2.45, 2.75) is 53.0 Å². The van der Waals surface area contributed by atoms with Gasteiger partial charge in [-0.2, -0.15) is 5.10 Å². The second kappa shape index (κ2) is 11.8. The van der Waals surface area contributed by atoms with Gasteiger partial charge < -0.3 is 14.7 Å². The zero-order valence-electron chi connectivity index (χ0n) is 23.3. The molecule has 0 unspecified atom stereocenters. The van der Waals surface area contributed by atoms with Crippen molar-refractivity contribution >= 4 is 17.6 Å². The Bertz CT molecular complexity index is 1560. The fraction of sp³-hybridized carbons (Fsp3) is 0.303. The molecule has 1 amide bonds. The first-order valence-electron chi connectivity index (χ1n) is 13.8. The van der Waals surface area contributed by atoms with Gasteiger partial charge in [-0.25, -0.2) is 4.79 Å². The van der Waals surface area contributed by atoms with Gasteiger partial charge in [0.15, 0.2) is 0 Å². The Kier molecular flexibility index (Phi) is 8.01. The maximum Gasteiger partial charge on any atom is 0.335 e. The minimum Gasteiger partial charge on any atom is -0.493 e. The van der Waals surface area contributed by atoms with Crippen molar-refractivity contribution in [3.05, 3.63) is 100 Å². The number of fused-ring (bicyclic) bond motifs is 1. The van der Waals surface area contributed by atoms with Gasteiger partial charge in [-0.1, -0.05) is 36.4 Å². The predicted octanol–water partition coefficient (Wildman–Crippen LogP) is 6.36. The van der Waals surface area contributed by atoms with Crippen LogP contribution in [0, 0.1) is 20.8 Å². The molecule has 0 bridgehead atoms. The predicted molar refractivity (Wildman–Crippen MR) is 156 cm³/mol. The van der Waals surface area contributed by atoms with E-state index in [2.05, 4.69) is 31.1 Å². The molecule has 0 radical (unpaired) electrons. The van der Waals surface area contributed by atoms with Crippen LogP contribution < -0.4 is 9.64 Å². The van der Waals surface area contributed by atoms with Gasteiger partial charge in [-0.05, 0) is 92.1 Å². The number of amides is 1. The van der Waals surface area contributed by atoms with Crippen LogP contribution in [0.5, 0.6) is 5.75 Å². The Morgan fingerprint density at radius 3 is 2.62 bits per heavy atom. The highest BCUT2D eigenvalue weighted by Crippen LogP contribution is 2.37. The summed E-state index contributed by atoms with van der Waals surface area (Å²) in [6.45, 7) is 7.86. The van der Waals surface area contributed by atoms with Crippen LogP contribution in [0.25, 0.3) is 11.1 Å². The number of aryl methyl sites for hydroxylation is 1. The van der Waals surface area contributed by atoms with Gasteiger partial charge in [-0.15, -0.1) is 0 Å². The van der Waals surface area contributed by atoms with Crippen molar-refractivity contribution in [3.8, 4) is 16.9 Å². The number of rotatable bonds is 9. The highest BCUT2D eigenvalue weighted by atomic mass is 16.5. The number of anilines is 1. The lowest BCUT2D eigenvalue weighted by atomic mass is 9.92. The van der Waals surface area contributed by atoms with Crippen molar-refractivity contribution < 1.29 is 19.4 Å². The van der Waals surface area contributed by atoms with E-state index in [1.165, 1.54) is 11.1 Å². The summed E-state index contributed by atoms with van der Waals surface area (Å²) in [4.78, 5) is 26.6. The molecule has 1 aliphatic rings. The molecule has 1 N–H and O–H groups in total. The zero-order valence-corrected chi connectivity index (χ0v) is 23.3. The van der Waals surface area contributed by atoms with E-state index in [4.69, 9.17) is 4.74 Å². The van der Waals surface area contributed by atoms with Gasteiger partial charge >= 0.3 is 5.97 Å². The first-order chi connectivity index (χ1) is 19.3. The number of hydrogen-bond donors (Lipinski definition) is 1. The van der Waals surface area contributed by atoms with E-state index >= 15 is 0 Å². The fourth-order valence-electron chi connectivity index (χ4n) is 5.40. The molecule has 0 saturated carbocycles. The van der Waals surface area contributed by atoms with Crippen molar-refractivity contribution in [3.63, 3.8) is 0 Å². The van der Waals surface area contributed by atoms with Crippen LogP contribution in [-0.4, -0.2) is 39.9 Å². The maximum atomic E-state index is 13.3. The highest BCUT2D eigenvalue weighted by molar-refractivity contribution is 5.96. The van der Waals surface area contributed by atoms with Crippen LogP contribution in [0.1, 0.15) is 57.6 Å². The van der Waals surface area contributed by atoms with Crippen LogP contribution in [0.15, 0.2) is 66.9 Å². The molecule has 7 nitrogen and oxygen atoms in total. The molecule has 0 fully saturated rings. The molecule has 0 spiro atoms. The van der Waals surface area contributed by atoms with Gasteiger partial charge in [0.05, 0.1) is 24.9 Å². The number of hydrogen-bond acceptors (Lipinski definition) is 4. The summed E-state index contributed by atoms with van der Waals surface area (Å²) in [7, 11) is 0. The number of carbonyl (C=O) groups excluding carboxylic acids is 1. The number of carbonyl (C=O) groups is 2. The summed E-state index contributed by atoms with van der Waals surface area (Å²) in [5.74, 6) is 0.0583. The summed E-state index contributed by atoms with van der Waals surface area (Å²) in [5.41, 5.74) is 8.75. The van der Waals surface area contributed by atoms with E-state index in [9.17, 15) is 14.7 Å². The number of aromatic nitrogens is 2. The number of aromatic carboxylic acids is 1. The number of carboxylic acids is 1. The highest BCUT2D eigenvalue weighted by Gasteiger charge is 2.25. The molecule has 1 aromatic heterocycles. The van der Waals surface area contributed by atoms with Gasteiger partial charge in [0.25, 0.3) is 0 Å². The van der Waals surface area contributed by atoms with Crippen LogP contribution >= 0.6 is 0 Å². The Morgan fingerprint density at radius 2 is 1.80 bits per heavy atom. The molecular formula is C33H35N3O4. The van der Waals surface area contributed by atoms with Crippen LogP contribution in [0.3, 0.4) is 0 Å². The average Bonchev–Trinajstić information content (AvgIpc) is 3.31. The minimum absolute atomic E-state index is 0.119. The van der Waals surface area contributed by atoms with E-state index in [1.54, 1.807) is 18.2 Å². The van der Waals surface area contributed by atoms with Crippen LogP contribution in [-0.2, 0) is 17.8 Å². The van der Waals surface area contributed by atoms with E-state index in [0.717, 1.165) is 52.2 Å². The van der Waals surface area contributed by atoms with Crippen LogP contribution in [0.2, 0.25) is 0 Å². The van der Waals surface area contributed by atoms with E-state index in [-0.39, 0.29) is 11.5 Å². The SMILES string of the molecule is Cc1cccc(OCCCC(=O)N2CCCc3c(-c4cnn(Cc5cccc(C(=O)O)c5)c4C)cccc32)c1C. The lowest BCUT2D eigenvalue weighted by Gasteiger charge is -2.31. The molecule has 0 aliphatic carbocycles. The Balaban J connectivity index is 1.29. The minimum atomic E-state index is -0.941. The number of carboxylic acid groups (broad SMARTS) is 1. The molecule has 40 heavy (non-hydrogen) atoms. The molecule has 5 rings (SSSR count). The van der Waals surface area contributed by atoms with Crippen molar-refractivity contribution in [1.29, 1.82) is 0 Å². The monoisotopic (exact) mass is 537 g/mol. The third kappa shape index (κ3) is 5.64. The van der Waals surface area contributed by atoms with Crippen molar-refractivity contribution in [2.24, 2.45) is 0 Å². The smallest absolute Gasteiger partial charge is 0.335 e. The Morgan fingerprint density at radius 1 is 1.00 bits per heavy atom. The molecule has 4 aromatic rings. The summed E-state index contributed by atoms with van der Waals surface area (Å²) in [6, 6.07) is 19.1. The van der Waals surface area contributed by atoms with E-state index in [1.807, 2.05) is 53.0 Å². The Hall–Kier alpha value is -4.39. The summed E-state index contributed by atoms with van der Waals surface area (Å²) >= 11 is 0. The quantitative estimate of drug-likeness (QED) is 0.251. The third-order valence-corrected chi connectivity index (χ3v) is 7.80. The van der Waals surface area contributed by atoms with E-state index in [0.29, 0.717) is 32.5 Å². The standard InChI is InChI=1S/C33H35N3O4/c1-22-9-4-15-31(23(22)2)40-18-8-16-32(37)35-17-7-13-28-27(12-6-14-30(28)35)29-20-34-36(24(29)3)21-25-10-5-11-26(19-25)33(38)39/h4-6,9-12,14-15,19-20H,7-8,13,16-18,21H2,1-3H3,(H,38,39). The largest absolute Gasteiger partial charge is 0.493 e. The molecule has 206 valence electrons. The molecule has 0 atom stereocenters. The van der Waals surface area contributed by atoms with Gasteiger partial charge in [-0.3, -0.25) is 9.48 Å². The molecule has 0 saturated heterocycles. The topological polar surface area (TPSA) is 84.7 Å². The fourth-order valence-corrected chi connectivity index (χ4v) is 5.40. The summed E-state index contributed by atoms with van der Waals surface area (Å²) < 4.78 is 7.87. The number of nitrogens with zero attached hydrogens (tertiary/aromatic N) is 3. The molecule has 2 heterocycles. The lowest BCUT2D eigenvalue weighted by Crippen LogP contribution is -2.35. The van der Waals surface area contributed by atoms with Gasteiger partial charge in [0.2, 0.25) is 5.91 Å². The molecule has 3 aromatic carbocycles. The summed E-state index contributed by atoms with van der Waals surface area (Å²) in [5, 5.41) is 14.0. The lowest BCUT2D eigenvalue weighted by molar-refractivity contribution is -0.118. The molecular weight excluding hydrogens is 502 g/mol. The van der Waals surface area contributed by atoms with Gasteiger partial charge in [0, 0.05) is 29.9 Å². The maximum absolute atomic E-state index is 13.3. The zero-order chi connectivity index (χ0) is 28.2. The molecule has 1 aliphatic heterocycles. The first kappa shape index (κ1) is 27.2. The van der Waals surface area contributed by atoms with Crippen molar-refractivity contribution in [1.82, 2.24) is 9.78 Å². The number of benzene rings is 3. The number of ether oxygens (including phenoxy) is 1. The first-order valence-corrected chi connectivity index (χ1v) is 13.8. The average molecular weight is 538 g/mol. The molecule has 7 heteroatoms. The summed E-state index contributed by atoms with van der Waals surface area (Å²) in [6.07, 6.45) is 4.77.